The van der Waals surface area contributed by atoms with Crippen LogP contribution in [0, 0.1) is 0 Å². The Morgan fingerprint density at radius 2 is 2.14 bits per heavy atom. The van der Waals surface area contributed by atoms with Crippen LogP contribution < -0.4 is 5.32 Å². The zero-order chi connectivity index (χ0) is 9.97. The zero-order valence-electron chi connectivity index (χ0n) is 8.05. The monoisotopic (exact) mass is 205 g/mol. The lowest BCUT2D eigenvalue weighted by Gasteiger charge is -2.15. The molecule has 1 aromatic rings. The van der Waals surface area contributed by atoms with Crippen LogP contribution >= 0.6 is 11.6 Å². The fourth-order valence-electron chi connectivity index (χ4n) is 1.51. The van der Waals surface area contributed by atoms with E-state index in [0.717, 1.165) is 22.7 Å². The van der Waals surface area contributed by atoms with Gasteiger partial charge in [-0.05, 0) is 31.0 Å². The van der Waals surface area contributed by atoms with Crippen LogP contribution in [0.15, 0.2) is 42.1 Å². The lowest BCUT2D eigenvalue weighted by Crippen LogP contribution is -2.12. The van der Waals surface area contributed by atoms with E-state index in [9.17, 15) is 0 Å². The maximum atomic E-state index is 5.93. The van der Waals surface area contributed by atoms with Gasteiger partial charge in [0.05, 0.1) is 0 Å². The van der Waals surface area contributed by atoms with Gasteiger partial charge in [0.2, 0.25) is 0 Å². The Bertz CT molecular complexity index is 405. The molecular weight excluding hydrogens is 194 g/mol. The van der Waals surface area contributed by atoms with E-state index in [-0.39, 0.29) is 0 Å². The maximum absolute atomic E-state index is 5.93. The van der Waals surface area contributed by atoms with E-state index < -0.39 is 0 Å². The maximum Gasteiger partial charge on any atom is 0.0418 e. The SMILES string of the molecule is CC1=CCC=C(c2cccc(Cl)c2)N1. The zero-order valence-corrected chi connectivity index (χ0v) is 8.81. The van der Waals surface area contributed by atoms with E-state index in [1.54, 1.807) is 0 Å². The first kappa shape index (κ1) is 9.35. The molecule has 1 heterocycles. The van der Waals surface area contributed by atoms with Crippen LogP contribution in [0.2, 0.25) is 5.02 Å². The number of hydrogen-bond donors (Lipinski definition) is 1. The van der Waals surface area contributed by atoms with Crippen molar-refractivity contribution in [3.05, 3.63) is 52.7 Å². The molecular formula is C12H12ClN. The summed E-state index contributed by atoms with van der Waals surface area (Å²) in [5, 5.41) is 4.10. The molecule has 0 saturated carbocycles. The van der Waals surface area contributed by atoms with Gasteiger partial charge in [0, 0.05) is 16.4 Å². The highest BCUT2D eigenvalue weighted by atomic mass is 35.5. The van der Waals surface area contributed by atoms with Crippen molar-refractivity contribution < 1.29 is 0 Å². The van der Waals surface area contributed by atoms with Crippen LogP contribution in [-0.4, -0.2) is 0 Å². The normalized spacial score (nSPS) is 15.6. The van der Waals surface area contributed by atoms with Crippen molar-refractivity contribution in [2.24, 2.45) is 0 Å². The summed E-state index contributed by atoms with van der Waals surface area (Å²) in [6, 6.07) is 7.88. The lowest BCUT2D eigenvalue weighted by atomic mass is 10.1. The van der Waals surface area contributed by atoms with Gasteiger partial charge in [0.25, 0.3) is 0 Å². The van der Waals surface area contributed by atoms with E-state index in [1.807, 2.05) is 18.2 Å². The number of benzene rings is 1. The van der Waals surface area contributed by atoms with Crippen LogP contribution in [0.1, 0.15) is 18.9 Å². The molecule has 0 bridgehead atoms. The van der Waals surface area contributed by atoms with Crippen molar-refractivity contribution in [1.29, 1.82) is 0 Å². The molecule has 72 valence electrons. The van der Waals surface area contributed by atoms with Crippen LogP contribution in [0.25, 0.3) is 5.70 Å². The van der Waals surface area contributed by atoms with Crippen LogP contribution in [0.5, 0.6) is 0 Å². The highest BCUT2D eigenvalue weighted by Crippen LogP contribution is 2.20. The molecule has 0 aromatic heterocycles. The molecule has 1 nitrogen and oxygen atoms in total. The van der Waals surface area contributed by atoms with Gasteiger partial charge in [-0.15, -0.1) is 0 Å². The summed E-state index contributed by atoms with van der Waals surface area (Å²) in [5.74, 6) is 0. The quantitative estimate of drug-likeness (QED) is 0.739. The summed E-state index contributed by atoms with van der Waals surface area (Å²) in [6.45, 7) is 2.07. The Hall–Kier alpha value is -1.21. The minimum absolute atomic E-state index is 0.775. The molecule has 2 rings (SSSR count). The van der Waals surface area contributed by atoms with Crippen molar-refractivity contribution in [3.8, 4) is 0 Å². The second-order valence-electron chi connectivity index (χ2n) is 3.38. The molecule has 14 heavy (non-hydrogen) atoms. The van der Waals surface area contributed by atoms with Crippen LogP contribution in [-0.2, 0) is 0 Å². The minimum Gasteiger partial charge on any atom is -0.359 e. The lowest BCUT2D eigenvalue weighted by molar-refractivity contribution is 1.02. The predicted molar refractivity (Wildman–Crippen MR) is 60.9 cm³/mol. The topological polar surface area (TPSA) is 12.0 Å². The summed E-state index contributed by atoms with van der Waals surface area (Å²) >= 11 is 5.93. The summed E-state index contributed by atoms with van der Waals surface area (Å²) in [7, 11) is 0. The van der Waals surface area contributed by atoms with Gasteiger partial charge in [-0.3, -0.25) is 0 Å². The molecule has 1 aliphatic rings. The molecule has 2 heteroatoms. The Morgan fingerprint density at radius 1 is 1.29 bits per heavy atom. The van der Waals surface area contributed by atoms with Gasteiger partial charge < -0.3 is 5.32 Å². The number of dihydropyridines is 1. The van der Waals surface area contributed by atoms with Gasteiger partial charge in [0.15, 0.2) is 0 Å². The molecule has 1 aromatic carbocycles. The van der Waals surface area contributed by atoms with E-state index >= 15 is 0 Å². The molecule has 0 atom stereocenters. The minimum atomic E-state index is 0.775. The van der Waals surface area contributed by atoms with Gasteiger partial charge >= 0.3 is 0 Å². The average molecular weight is 206 g/mol. The molecule has 0 amide bonds. The molecule has 0 aliphatic carbocycles. The highest BCUT2D eigenvalue weighted by molar-refractivity contribution is 6.30. The summed E-state index contributed by atoms with van der Waals surface area (Å²) in [5.41, 5.74) is 3.49. The second-order valence-corrected chi connectivity index (χ2v) is 3.81. The van der Waals surface area contributed by atoms with Gasteiger partial charge in [-0.2, -0.15) is 0 Å². The number of rotatable bonds is 1. The van der Waals surface area contributed by atoms with Gasteiger partial charge in [-0.1, -0.05) is 35.9 Å². The number of allylic oxidation sites excluding steroid dienone is 3. The molecule has 0 saturated heterocycles. The molecule has 1 N–H and O–H groups in total. The number of halogens is 1. The third kappa shape index (κ3) is 1.99. The smallest absolute Gasteiger partial charge is 0.0418 e. The highest BCUT2D eigenvalue weighted by Gasteiger charge is 2.04. The molecule has 0 unspecified atom stereocenters. The first-order valence-corrected chi connectivity index (χ1v) is 5.03. The fraction of sp³-hybridized carbons (Fsp3) is 0.167. The van der Waals surface area contributed by atoms with Crippen molar-refractivity contribution >= 4 is 17.3 Å². The van der Waals surface area contributed by atoms with E-state index in [0.29, 0.717) is 0 Å². The largest absolute Gasteiger partial charge is 0.359 e. The van der Waals surface area contributed by atoms with Crippen LogP contribution in [0.4, 0.5) is 0 Å². The van der Waals surface area contributed by atoms with E-state index in [4.69, 9.17) is 11.6 Å². The summed E-state index contributed by atoms with van der Waals surface area (Å²) in [6.07, 6.45) is 5.31. The number of nitrogens with one attached hydrogen (secondary N) is 1. The van der Waals surface area contributed by atoms with E-state index in [1.165, 1.54) is 5.70 Å². The average Bonchev–Trinajstić information content (AvgIpc) is 2.18. The van der Waals surface area contributed by atoms with Crippen molar-refractivity contribution in [2.75, 3.05) is 0 Å². The third-order valence-electron chi connectivity index (χ3n) is 2.21. The molecule has 0 spiro atoms. The first-order valence-electron chi connectivity index (χ1n) is 4.65. The summed E-state index contributed by atoms with van der Waals surface area (Å²) in [4.78, 5) is 0. The number of hydrogen-bond acceptors (Lipinski definition) is 1. The molecule has 0 radical (unpaired) electrons. The molecule has 1 aliphatic heterocycles. The second kappa shape index (κ2) is 3.89. The van der Waals surface area contributed by atoms with Crippen molar-refractivity contribution in [2.45, 2.75) is 13.3 Å². The Morgan fingerprint density at radius 3 is 2.86 bits per heavy atom. The molecule has 0 fully saturated rings. The fourth-order valence-corrected chi connectivity index (χ4v) is 1.70. The Labute approximate surface area is 89.1 Å². The van der Waals surface area contributed by atoms with Gasteiger partial charge in [-0.25, -0.2) is 0 Å². The van der Waals surface area contributed by atoms with Crippen molar-refractivity contribution in [3.63, 3.8) is 0 Å². The Kier molecular flexibility index (Phi) is 2.60. The van der Waals surface area contributed by atoms with E-state index in [2.05, 4.69) is 30.5 Å². The third-order valence-corrected chi connectivity index (χ3v) is 2.45. The standard InChI is InChI=1S/C12H12ClN/c1-9-4-2-7-12(14-9)10-5-3-6-11(13)8-10/h3-8,14H,2H2,1H3. The van der Waals surface area contributed by atoms with Crippen molar-refractivity contribution in [1.82, 2.24) is 5.32 Å². The van der Waals surface area contributed by atoms with Gasteiger partial charge in [0.1, 0.15) is 0 Å². The summed E-state index contributed by atoms with van der Waals surface area (Å²) < 4.78 is 0. The predicted octanol–water partition coefficient (Wildman–Crippen LogP) is 3.58. The van der Waals surface area contributed by atoms with Crippen LogP contribution in [0.3, 0.4) is 0 Å². The Balaban J connectivity index is 2.28. The first-order chi connectivity index (χ1) is 6.75.